The summed E-state index contributed by atoms with van der Waals surface area (Å²) in [6.45, 7) is 0. The molecule has 2 rings (SSSR count). The van der Waals surface area contributed by atoms with Crippen LogP contribution in [0.1, 0.15) is 17.2 Å². The van der Waals surface area contributed by atoms with Gasteiger partial charge in [-0.15, -0.1) is 11.8 Å². The Morgan fingerprint density at radius 3 is 2.19 bits per heavy atom. The topological polar surface area (TPSA) is 71.3 Å². The largest absolute Gasteiger partial charge is 0.497 e. The molecule has 5 nitrogen and oxygen atoms in total. The van der Waals surface area contributed by atoms with Crippen molar-refractivity contribution in [2.75, 3.05) is 25.7 Å². The van der Waals surface area contributed by atoms with E-state index < -0.39 is 0 Å². The van der Waals surface area contributed by atoms with Crippen molar-refractivity contribution in [1.82, 2.24) is 5.32 Å². The Hall–Kier alpha value is -2.65. The molecule has 0 heterocycles. The lowest BCUT2D eigenvalue weighted by atomic mass is 9.98. The van der Waals surface area contributed by atoms with Crippen molar-refractivity contribution in [2.45, 2.75) is 12.5 Å². The van der Waals surface area contributed by atoms with Crippen molar-refractivity contribution in [1.29, 1.82) is 5.26 Å². The average molecular weight is 370 g/mol. The van der Waals surface area contributed by atoms with Gasteiger partial charge in [0.15, 0.2) is 0 Å². The fraction of sp³-hybridized carbons (Fsp3) is 0.300. The highest BCUT2D eigenvalue weighted by atomic mass is 32.2. The second kappa shape index (κ2) is 10.4. The van der Waals surface area contributed by atoms with Gasteiger partial charge in [0.2, 0.25) is 5.91 Å². The van der Waals surface area contributed by atoms with E-state index in [9.17, 15) is 4.79 Å². The molecule has 0 aliphatic rings. The zero-order valence-electron chi connectivity index (χ0n) is 14.9. The minimum absolute atomic E-state index is 0.0837. The number of nitriles is 1. The van der Waals surface area contributed by atoms with Crippen molar-refractivity contribution in [3.63, 3.8) is 0 Å². The van der Waals surface area contributed by atoms with E-state index in [4.69, 9.17) is 14.7 Å². The minimum Gasteiger partial charge on any atom is -0.497 e. The highest BCUT2D eigenvalue weighted by molar-refractivity contribution is 8.00. The molecule has 1 N–H and O–H groups in total. The molecular weight excluding hydrogens is 348 g/mol. The number of hydrogen-bond donors (Lipinski definition) is 1. The fourth-order valence-electron chi connectivity index (χ4n) is 2.51. The number of amides is 1. The van der Waals surface area contributed by atoms with Crippen molar-refractivity contribution in [2.24, 2.45) is 0 Å². The van der Waals surface area contributed by atoms with Crippen LogP contribution >= 0.6 is 11.8 Å². The van der Waals surface area contributed by atoms with E-state index >= 15 is 0 Å². The molecule has 2 aromatic rings. The molecule has 0 unspecified atom stereocenters. The molecule has 0 aliphatic carbocycles. The number of nitrogens with one attached hydrogen (secondary N) is 1. The van der Waals surface area contributed by atoms with Gasteiger partial charge < -0.3 is 14.8 Å². The molecule has 2 aromatic carbocycles. The minimum atomic E-state index is -0.163. The van der Waals surface area contributed by atoms with Gasteiger partial charge in [0.25, 0.3) is 0 Å². The number of ether oxygens (including phenoxy) is 2. The third kappa shape index (κ3) is 6.01. The molecule has 6 heteroatoms. The van der Waals surface area contributed by atoms with E-state index in [2.05, 4.69) is 5.32 Å². The zero-order chi connectivity index (χ0) is 18.8. The first-order valence-electron chi connectivity index (χ1n) is 8.17. The third-order valence-electron chi connectivity index (χ3n) is 3.85. The van der Waals surface area contributed by atoms with Crippen LogP contribution < -0.4 is 14.8 Å². The number of carbonyl (C=O) groups excluding carboxylic acids is 1. The summed E-state index contributed by atoms with van der Waals surface area (Å²) in [6.07, 6.45) is 0.658. The third-order valence-corrected chi connectivity index (χ3v) is 4.65. The Morgan fingerprint density at radius 2 is 1.65 bits per heavy atom. The van der Waals surface area contributed by atoms with Gasteiger partial charge in [-0.3, -0.25) is 4.79 Å². The first-order chi connectivity index (χ1) is 12.7. The fourth-order valence-corrected chi connectivity index (χ4v) is 2.97. The number of rotatable bonds is 9. The Kier molecular flexibility index (Phi) is 7.84. The predicted octanol–water partition coefficient (Wildman–Crippen LogP) is 3.36. The monoisotopic (exact) mass is 370 g/mol. The van der Waals surface area contributed by atoms with Crippen molar-refractivity contribution >= 4 is 17.7 Å². The molecule has 0 saturated carbocycles. The Morgan fingerprint density at radius 1 is 1.08 bits per heavy atom. The standard InChI is InChI=1S/C20H22N2O3S/c1-24-17-7-3-15(4-8-17)13-19(22-20(23)14-26-12-11-21)16-5-9-18(25-2)10-6-16/h3-10,19H,12-14H2,1-2H3,(H,22,23)/t19-/m1/s1. The average Bonchev–Trinajstić information content (AvgIpc) is 2.68. The van der Waals surface area contributed by atoms with Crippen LogP contribution in [-0.2, 0) is 11.2 Å². The van der Waals surface area contributed by atoms with Crippen LogP contribution in [0.5, 0.6) is 11.5 Å². The maximum Gasteiger partial charge on any atom is 0.230 e. The number of benzene rings is 2. The Bertz CT molecular complexity index is 739. The van der Waals surface area contributed by atoms with E-state index in [1.54, 1.807) is 14.2 Å². The van der Waals surface area contributed by atoms with E-state index in [0.717, 1.165) is 22.6 Å². The number of methoxy groups -OCH3 is 2. The van der Waals surface area contributed by atoms with Crippen LogP contribution in [0, 0.1) is 11.3 Å². The SMILES string of the molecule is COc1ccc(C[C@@H](NC(=O)CSCC#N)c2ccc(OC)cc2)cc1. The molecule has 0 aromatic heterocycles. The smallest absolute Gasteiger partial charge is 0.230 e. The van der Waals surface area contributed by atoms with Crippen molar-refractivity contribution in [3.8, 4) is 17.6 Å². The molecule has 26 heavy (non-hydrogen) atoms. The van der Waals surface area contributed by atoms with E-state index in [-0.39, 0.29) is 17.7 Å². The lowest BCUT2D eigenvalue weighted by Gasteiger charge is -2.20. The van der Waals surface area contributed by atoms with E-state index in [1.165, 1.54) is 11.8 Å². The van der Waals surface area contributed by atoms with Crippen LogP contribution in [0.25, 0.3) is 0 Å². The summed E-state index contributed by atoms with van der Waals surface area (Å²) in [5, 5.41) is 11.7. The number of carbonyl (C=O) groups is 1. The zero-order valence-corrected chi connectivity index (χ0v) is 15.7. The molecular formula is C20H22N2O3S. The maximum absolute atomic E-state index is 12.2. The van der Waals surface area contributed by atoms with Crippen LogP contribution in [0.3, 0.4) is 0 Å². The molecule has 136 valence electrons. The first-order valence-corrected chi connectivity index (χ1v) is 9.32. The van der Waals surface area contributed by atoms with Crippen molar-refractivity contribution < 1.29 is 14.3 Å². The molecule has 0 fully saturated rings. The summed E-state index contributed by atoms with van der Waals surface area (Å²) in [5.74, 6) is 2.06. The van der Waals surface area contributed by atoms with E-state index in [1.807, 2.05) is 54.6 Å². The Balaban J connectivity index is 2.13. The summed E-state index contributed by atoms with van der Waals surface area (Å²) in [4.78, 5) is 12.2. The van der Waals surface area contributed by atoms with Crippen LogP contribution in [0.2, 0.25) is 0 Å². The highest BCUT2D eigenvalue weighted by Crippen LogP contribution is 2.23. The maximum atomic E-state index is 12.2. The summed E-state index contributed by atoms with van der Waals surface area (Å²) >= 11 is 1.31. The van der Waals surface area contributed by atoms with Crippen LogP contribution in [0.4, 0.5) is 0 Å². The molecule has 1 amide bonds. The molecule has 1 atom stereocenters. The summed E-state index contributed by atoms with van der Waals surface area (Å²) in [7, 11) is 3.26. The summed E-state index contributed by atoms with van der Waals surface area (Å²) in [5.41, 5.74) is 2.09. The first kappa shape index (κ1) is 19.7. The lowest BCUT2D eigenvalue weighted by molar-refractivity contribution is -0.119. The van der Waals surface area contributed by atoms with Gasteiger partial charge in [-0.2, -0.15) is 5.26 Å². The quantitative estimate of drug-likeness (QED) is 0.685. The Labute approximate surface area is 158 Å². The molecule has 0 spiro atoms. The summed E-state index contributed by atoms with van der Waals surface area (Å²) in [6, 6.07) is 17.3. The molecule has 0 bridgehead atoms. The summed E-state index contributed by atoms with van der Waals surface area (Å²) < 4.78 is 10.4. The number of nitrogens with zero attached hydrogens (tertiary/aromatic N) is 1. The van der Waals surface area contributed by atoms with Crippen LogP contribution in [-0.4, -0.2) is 31.6 Å². The van der Waals surface area contributed by atoms with E-state index in [0.29, 0.717) is 12.2 Å². The molecule has 0 saturated heterocycles. The predicted molar refractivity (Wildman–Crippen MR) is 104 cm³/mol. The van der Waals surface area contributed by atoms with Crippen molar-refractivity contribution in [3.05, 3.63) is 59.7 Å². The number of hydrogen-bond acceptors (Lipinski definition) is 5. The van der Waals surface area contributed by atoms with Gasteiger partial charge in [-0.1, -0.05) is 24.3 Å². The van der Waals surface area contributed by atoms with Gasteiger partial charge in [-0.05, 0) is 41.8 Å². The molecule has 0 radical (unpaired) electrons. The normalized spacial score (nSPS) is 11.3. The second-order valence-corrected chi connectivity index (χ2v) is 6.58. The van der Waals surface area contributed by atoms with Gasteiger partial charge in [0.1, 0.15) is 11.5 Å². The lowest BCUT2D eigenvalue weighted by Crippen LogP contribution is -2.31. The van der Waals surface area contributed by atoms with Gasteiger partial charge in [0.05, 0.1) is 37.8 Å². The number of thioether (sulfide) groups is 1. The van der Waals surface area contributed by atoms with Crippen LogP contribution in [0.15, 0.2) is 48.5 Å². The second-order valence-electron chi connectivity index (χ2n) is 5.60. The van der Waals surface area contributed by atoms with Gasteiger partial charge in [-0.25, -0.2) is 0 Å². The molecule has 0 aliphatic heterocycles. The van der Waals surface area contributed by atoms with Gasteiger partial charge >= 0.3 is 0 Å². The van der Waals surface area contributed by atoms with Gasteiger partial charge in [0, 0.05) is 0 Å². The highest BCUT2D eigenvalue weighted by Gasteiger charge is 2.16.